The second-order valence-corrected chi connectivity index (χ2v) is 9.02. The number of aliphatic imine (C=N–C) groups is 1. The number of likely N-dealkylation sites (tertiary alicyclic amines) is 1. The van der Waals surface area contributed by atoms with Gasteiger partial charge in [0.1, 0.15) is 5.75 Å². The third-order valence-corrected chi connectivity index (χ3v) is 7.33. The van der Waals surface area contributed by atoms with Gasteiger partial charge in [-0.3, -0.25) is 4.99 Å². The highest BCUT2D eigenvalue weighted by Crippen LogP contribution is 2.48. The number of nitrogens with one attached hydrogen (secondary N) is 1. The third-order valence-electron chi connectivity index (χ3n) is 7.33. The molecule has 154 valence electrons. The molecule has 28 heavy (non-hydrogen) atoms. The lowest BCUT2D eigenvalue weighted by molar-refractivity contribution is 0.0503. The zero-order chi connectivity index (χ0) is 19.6. The molecule has 1 N–H and O–H groups in total. The first-order valence-electron chi connectivity index (χ1n) is 10.8. The summed E-state index contributed by atoms with van der Waals surface area (Å²) in [6, 6.07) is 6.54. The van der Waals surface area contributed by atoms with Crippen molar-refractivity contribution in [2.45, 2.75) is 50.9 Å². The quantitative estimate of drug-likeness (QED) is 0.636. The Labute approximate surface area is 169 Å². The van der Waals surface area contributed by atoms with Crippen LogP contribution < -0.4 is 10.1 Å². The molecule has 0 unspecified atom stereocenters. The van der Waals surface area contributed by atoms with Crippen molar-refractivity contribution in [2.24, 2.45) is 10.4 Å². The van der Waals surface area contributed by atoms with Crippen LogP contribution >= 0.6 is 0 Å². The summed E-state index contributed by atoms with van der Waals surface area (Å²) in [5.41, 5.74) is 3.17. The Bertz CT molecular complexity index is 721. The first-order valence-corrected chi connectivity index (χ1v) is 10.8. The molecular weight excluding hydrogens is 350 g/mol. The predicted molar refractivity (Wildman–Crippen MR) is 113 cm³/mol. The van der Waals surface area contributed by atoms with E-state index in [9.17, 15) is 0 Å². The van der Waals surface area contributed by atoms with Crippen LogP contribution in [0.1, 0.15) is 49.7 Å². The van der Waals surface area contributed by atoms with Crippen molar-refractivity contribution in [1.82, 2.24) is 10.2 Å². The molecule has 0 radical (unpaired) electrons. The number of hydrogen-bond donors (Lipinski definition) is 1. The van der Waals surface area contributed by atoms with Crippen molar-refractivity contribution in [3.05, 3.63) is 29.3 Å². The van der Waals surface area contributed by atoms with Crippen molar-refractivity contribution in [3.63, 3.8) is 0 Å². The number of hydrogen-bond acceptors (Lipinski definition) is 3. The molecule has 5 nitrogen and oxygen atoms in total. The van der Waals surface area contributed by atoms with E-state index in [-0.39, 0.29) is 5.41 Å². The Kier molecular flexibility index (Phi) is 5.55. The molecule has 4 rings (SSSR count). The van der Waals surface area contributed by atoms with Crippen molar-refractivity contribution in [3.8, 4) is 5.75 Å². The number of rotatable bonds is 4. The van der Waals surface area contributed by atoms with E-state index in [1.54, 1.807) is 7.11 Å². The second-order valence-electron chi connectivity index (χ2n) is 9.02. The number of benzene rings is 1. The molecule has 1 spiro atoms. The number of aryl methyl sites for hydroxylation is 1. The van der Waals surface area contributed by atoms with Gasteiger partial charge in [-0.1, -0.05) is 24.1 Å². The normalized spacial score (nSPS) is 23.5. The molecule has 0 aromatic heterocycles. The lowest BCUT2D eigenvalue weighted by Gasteiger charge is -2.40. The summed E-state index contributed by atoms with van der Waals surface area (Å²) >= 11 is 0. The van der Waals surface area contributed by atoms with Crippen LogP contribution in [-0.4, -0.2) is 57.9 Å². The molecule has 1 aliphatic carbocycles. The largest absolute Gasteiger partial charge is 0.496 e. The third kappa shape index (κ3) is 3.61. The second kappa shape index (κ2) is 7.94. The van der Waals surface area contributed by atoms with Crippen molar-refractivity contribution in [2.75, 3.05) is 47.0 Å². The number of methoxy groups -OCH3 is 1. The molecule has 3 fully saturated rings. The first-order chi connectivity index (χ1) is 13.6. The van der Waals surface area contributed by atoms with Gasteiger partial charge in [-0.2, -0.15) is 0 Å². The predicted octanol–water partition coefficient (Wildman–Crippen LogP) is 3.50. The van der Waals surface area contributed by atoms with Crippen LogP contribution in [0.15, 0.2) is 23.2 Å². The minimum atomic E-state index is 0.0133. The molecule has 5 heteroatoms. The van der Waals surface area contributed by atoms with Gasteiger partial charge in [0, 0.05) is 50.9 Å². The van der Waals surface area contributed by atoms with Crippen LogP contribution in [0.25, 0.3) is 0 Å². The minimum absolute atomic E-state index is 0.0133. The molecular formula is C23H35N3O2. The van der Waals surface area contributed by atoms with Crippen molar-refractivity contribution < 1.29 is 9.47 Å². The van der Waals surface area contributed by atoms with Crippen LogP contribution in [-0.2, 0) is 10.2 Å². The standard InChI is InChI=1S/C23H35N3O2/c1-18-5-6-20(27-3)19(15-18)23(10-13-28-14-11-23)16-25-21(24-2)26-12-9-22(17-26)7-4-8-22/h5-6,15H,4,7-14,16-17H2,1-3H3,(H,24,25). The highest BCUT2D eigenvalue weighted by Gasteiger charge is 2.44. The smallest absolute Gasteiger partial charge is 0.193 e. The van der Waals surface area contributed by atoms with Gasteiger partial charge in [-0.15, -0.1) is 0 Å². The molecule has 2 heterocycles. The lowest BCUT2D eigenvalue weighted by Crippen LogP contribution is -2.49. The van der Waals surface area contributed by atoms with Gasteiger partial charge in [0.15, 0.2) is 5.96 Å². The summed E-state index contributed by atoms with van der Waals surface area (Å²) in [4.78, 5) is 7.10. The maximum absolute atomic E-state index is 5.75. The molecule has 3 aliphatic rings. The fourth-order valence-corrected chi connectivity index (χ4v) is 5.32. The van der Waals surface area contributed by atoms with Crippen LogP contribution in [0.4, 0.5) is 0 Å². The van der Waals surface area contributed by atoms with Crippen LogP contribution in [0, 0.1) is 12.3 Å². The van der Waals surface area contributed by atoms with Gasteiger partial charge in [0.2, 0.25) is 0 Å². The molecule has 2 saturated heterocycles. The van der Waals surface area contributed by atoms with Gasteiger partial charge in [-0.05, 0) is 50.5 Å². The Morgan fingerprint density at radius 1 is 1.21 bits per heavy atom. The van der Waals surface area contributed by atoms with Crippen LogP contribution in [0.5, 0.6) is 5.75 Å². The summed E-state index contributed by atoms with van der Waals surface area (Å²) in [5, 5.41) is 3.74. The zero-order valence-corrected chi connectivity index (χ0v) is 17.7. The van der Waals surface area contributed by atoms with Gasteiger partial charge in [0.25, 0.3) is 0 Å². The van der Waals surface area contributed by atoms with Gasteiger partial charge < -0.3 is 19.7 Å². The number of ether oxygens (including phenoxy) is 2. The van der Waals surface area contributed by atoms with E-state index in [4.69, 9.17) is 9.47 Å². The topological polar surface area (TPSA) is 46.1 Å². The van der Waals surface area contributed by atoms with Crippen LogP contribution in [0.3, 0.4) is 0 Å². The minimum Gasteiger partial charge on any atom is -0.496 e. The van der Waals surface area contributed by atoms with Gasteiger partial charge in [-0.25, -0.2) is 0 Å². The van der Waals surface area contributed by atoms with E-state index >= 15 is 0 Å². The maximum atomic E-state index is 5.75. The average Bonchev–Trinajstić information content (AvgIpc) is 3.15. The van der Waals surface area contributed by atoms with E-state index in [0.717, 1.165) is 57.4 Å². The summed E-state index contributed by atoms with van der Waals surface area (Å²) in [7, 11) is 3.69. The van der Waals surface area contributed by atoms with E-state index in [0.29, 0.717) is 5.41 Å². The van der Waals surface area contributed by atoms with Gasteiger partial charge >= 0.3 is 0 Å². The molecule has 1 aromatic carbocycles. The Morgan fingerprint density at radius 3 is 2.61 bits per heavy atom. The van der Waals surface area contributed by atoms with E-state index in [2.05, 4.69) is 40.3 Å². The summed E-state index contributed by atoms with van der Waals surface area (Å²) in [5.74, 6) is 2.04. The zero-order valence-electron chi connectivity index (χ0n) is 17.7. The molecule has 1 aromatic rings. The Balaban J connectivity index is 1.53. The molecule has 0 atom stereocenters. The summed E-state index contributed by atoms with van der Waals surface area (Å²) in [6.45, 7) is 6.91. The Hall–Kier alpha value is -1.75. The highest BCUT2D eigenvalue weighted by atomic mass is 16.5. The van der Waals surface area contributed by atoms with Crippen molar-refractivity contribution >= 4 is 5.96 Å². The highest BCUT2D eigenvalue weighted by molar-refractivity contribution is 5.80. The fourth-order valence-electron chi connectivity index (χ4n) is 5.32. The van der Waals surface area contributed by atoms with E-state index in [1.165, 1.54) is 36.8 Å². The van der Waals surface area contributed by atoms with Crippen LogP contribution in [0.2, 0.25) is 0 Å². The number of guanidine groups is 1. The molecule has 2 aliphatic heterocycles. The molecule has 0 bridgehead atoms. The van der Waals surface area contributed by atoms with Gasteiger partial charge in [0.05, 0.1) is 7.11 Å². The molecule has 1 saturated carbocycles. The average molecular weight is 386 g/mol. The van der Waals surface area contributed by atoms with E-state index < -0.39 is 0 Å². The lowest BCUT2D eigenvalue weighted by atomic mass is 9.68. The van der Waals surface area contributed by atoms with E-state index in [1.807, 2.05) is 7.05 Å². The summed E-state index contributed by atoms with van der Waals surface area (Å²) in [6.07, 6.45) is 7.50. The SMILES string of the molecule is CN=C(NCC1(c2cc(C)ccc2OC)CCOCC1)N1CCC2(CCC2)C1. The summed E-state index contributed by atoms with van der Waals surface area (Å²) < 4.78 is 11.5. The maximum Gasteiger partial charge on any atom is 0.193 e. The first kappa shape index (κ1) is 19.6. The Morgan fingerprint density at radius 2 is 2.00 bits per heavy atom. The van der Waals surface area contributed by atoms with Crippen molar-refractivity contribution in [1.29, 1.82) is 0 Å². The molecule has 0 amide bonds. The number of nitrogens with zero attached hydrogens (tertiary/aromatic N) is 2. The fraction of sp³-hybridized carbons (Fsp3) is 0.696. The monoisotopic (exact) mass is 385 g/mol.